The second-order valence-corrected chi connectivity index (χ2v) is 4.26. The van der Waals surface area contributed by atoms with Gasteiger partial charge in [-0.25, -0.2) is 4.98 Å². The summed E-state index contributed by atoms with van der Waals surface area (Å²) < 4.78 is 3.19. The lowest BCUT2D eigenvalue weighted by Crippen LogP contribution is -2.33. The van der Waals surface area contributed by atoms with E-state index >= 15 is 0 Å². The first-order chi connectivity index (χ1) is 5.68. The lowest BCUT2D eigenvalue weighted by molar-refractivity contribution is 0.403. The summed E-state index contributed by atoms with van der Waals surface area (Å²) in [4.78, 5) is 4.33. The third-order valence-corrected chi connectivity index (χ3v) is 2.98. The van der Waals surface area contributed by atoms with Crippen molar-refractivity contribution in [1.29, 1.82) is 0 Å². The molecular formula is C8H12BrN3. The van der Waals surface area contributed by atoms with Gasteiger partial charge >= 0.3 is 0 Å². The highest BCUT2D eigenvalue weighted by atomic mass is 79.9. The minimum Gasteiger partial charge on any atom is -0.326 e. The monoisotopic (exact) mass is 229 g/mol. The molecule has 2 N–H and O–H groups in total. The fourth-order valence-corrected chi connectivity index (χ4v) is 2.24. The molecule has 0 radical (unpaired) electrons. The summed E-state index contributed by atoms with van der Waals surface area (Å²) >= 11 is 3.45. The number of nitrogens with zero attached hydrogens (tertiary/aromatic N) is 2. The molecule has 0 aliphatic carbocycles. The van der Waals surface area contributed by atoms with Crippen molar-refractivity contribution in [2.24, 2.45) is 5.73 Å². The van der Waals surface area contributed by atoms with Crippen molar-refractivity contribution >= 4 is 15.9 Å². The first-order valence-corrected chi connectivity index (χ1v) is 4.94. The van der Waals surface area contributed by atoms with Gasteiger partial charge in [0, 0.05) is 18.5 Å². The molecule has 0 aromatic carbocycles. The highest BCUT2D eigenvalue weighted by Gasteiger charge is 2.23. The van der Waals surface area contributed by atoms with Gasteiger partial charge in [0.2, 0.25) is 0 Å². The molecule has 2 heterocycles. The largest absolute Gasteiger partial charge is 0.326 e. The van der Waals surface area contributed by atoms with Crippen molar-refractivity contribution in [3.63, 3.8) is 0 Å². The third-order valence-electron chi connectivity index (χ3n) is 2.35. The van der Waals surface area contributed by atoms with Crippen molar-refractivity contribution in [1.82, 2.24) is 9.55 Å². The van der Waals surface area contributed by atoms with Crippen LogP contribution in [0.5, 0.6) is 0 Å². The number of fused-ring (bicyclic) bond motifs is 1. The Morgan fingerprint density at radius 1 is 1.75 bits per heavy atom. The van der Waals surface area contributed by atoms with Gasteiger partial charge in [-0.15, -0.1) is 0 Å². The maximum Gasteiger partial charge on any atom is 0.112 e. The molecule has 0 amide bonds. The van der Waals surface area contributed by atoms with Crippen LogP contribution in [0.4, 0.5) is 0 Å². The molecule has 0 fully saturated rings. The van der Waals surface area contributed by atoms with Gasteiger partial charge in [-0.3, -0.25) is 0 Å². The van der Waals surface area contributed by atoms with Crippen LogP contribution >= 0.6 is 15.9 Å². The number of halogens is 1. The van der Waals surface area contributed by atoms with E-state index in [1.807, 2.05) is 6.20 Å². The van der Waals surface area contributed by atoms with Crippen LogP contribution in [0.25, 0.3) is 0 Å². The molecule has 2 rings (SSSR count). The zero-order valence-electron chi connectivity index (χ0n) is 7.00. The van der Waals surface area contributed by atoms with Crippen molar-refractivity contribution in [2.75, 3.05) is 0 Å². The van der Waals surface area contributed by atoms with Gasteiger partial charge in [0.1, 0.15) is 10.4 Å². The third kappa shape index (κ3) is 1.19. The van der Waals surface area contributed by atoms with E-state index in [4.69, 9.17) is 5.73 Å². The quantitative estimate of drug-likeness (QED) is 0.733. The van der Waals surface area contributed by atoms with Gasteiger partial charge in [-0.05, 0) is 22.4 Å². The first kappa shape index (κ1) is 8.26. The Bertz CT molecular complexity index is 294. The number of hydrogen-bond donors (Lipinski definition) is 1. The minimum absolute atomic E-state index is 0.276. The zero-order valence-corrected chi connectivity index (χ0v) is 8.58. The van der Waals surface area contributed by atoms with E-state index in [0.29, 0.717) is 5.92 Å². The normalized spacial score (nSPS) is 28.6. The van der Waals surface area contributed by atoms with Gasteiger partial charge in [-0.2, -0.15) is 0 Å². The Hall–Kier alpha value is -0.350. The van der Waals surface area contributed by atoms with E-state index in [0.717, 1.165) is 23.4 Å². The van der Waals surface area contributed by atoms with Gasteiger partial charge in [-0.1, -0.05) is 6.92 Å². The molecule has 0 saturated heterocycles. The van der Waals surface area contributed by atoms with E-state index in [2.05, 4.69) is 32.4 Å². The van der Waals surface area contributed by atoms with E-state index in [1.54, 1.807) is 0 Å². The lowest BCUT2D eigenvalue weighted by atomic mass is 9.98. The summed E-state index contributed by atoms with van der Waals surface area (Å²) in [6, 6.07) is 0.276. The Morgan fingerprint density at radius 2 is 2.50 bits per heavy atom. The summed E-state index contributed by atoms with van der Waals surface area (Å²) in [6.07, 6.45) is 2.90. The molecule has 1 aromatic heterocycles. The topological polar surface area (TPSA) is 43.8 Å². The van der Waals surface area contributed by atoms with Crippen molar-refractivity contribution in [3.8, 4) is 0 Å². The van der Waals surface area contributed by atoms with Gasteiger partial charge in [0.15, 0.2) is 0 Å². The predicted molar refractivity (Wildman–Crippen MR) is 50.9 cm³/mol. The Labute approximate surface area is 80.1 Å². The molecule has 4 heteroatoms. The molecule has 0 spiro atoms. The molecule has 1 aromatic rings. The van der Waals surface area contributed by atoms with E-state index < -0.39 is 0 Å². The van der Waals surface area contributed by atoms with Gasteiger partial charge in [0.25, 0.3) is 0 Å². The van der Waals surface area contributed by atoms with Crippen LogP contribution in [0, 0.1) is 0 Å². The summed E-state index contributed by atoms with van der Waals surface area (Å²) in [5, 5.41) is 0. The second kappa shape index (κ2) is 2.85. The maximum atomic E-state index is 5.90. The minimum atomic E-state index is 0.276. The molecular weight excluding hydrogens is 218 g/mol. The summed E-state index contributed by atoms with van der Waals surface area (Å²) in [5.41, 5.74) is 5.90. The Kier molecular flexibility index (Phi) is 1.96. The number of aromatic nitrogens is 2. The van der Waals surface area contributed by atoms with Crippen LogP contribution in [-0.2, 0) is 6.54 Å². The molecule has 2 atom stereocenters. The highest BCUT2D eigenvalue weighted by Crippen LogP contribution is 2.27. The zero-order chi connectivity index (χ0) is 8.72. The van der Waals surface area contributed by atoms with Crippen LogP contribution < -0.4 is 5.73 Å². The Balaban J connectivity index is 2.43. The van der Waals surface area contributed by atoms with Crippen LogP contribution in [-0.4, -0.2) is 15.6 Å². The van der Waals surface area contributed by atoms with Gasteiger partial charge in [0.05, 0.1) is 6.20 Å². The molecule has 1 aliphatic rings. The fourth-order valence-electron chi connectivity index (χ4n) is 1.81. The standard InChI is InChI=1S/C8H12BrN3/c1-5-2-6(10)4-12-7(9)3-11-8(5)12/h3,5-6H,2,4,10H2,1H3. The number of imidazole rings is 1. The number of nitrogens with two attached hydrogens (primary N) is 1. The number of hydrogen-bond acceptors (Lipinski definition) is 2. The molecule has 2 unspecified atom stereocenters. The summed E-state index contributed by atoms with van der Waals surface area (Å²) in [6.45, 7) is 3.06. The van der Waals surface area contributed by atoms with E-state index in [9.17, 15) is 0 Å². The highest BCUT2D eigenvalue weighted by molar-refractivity contribution is 9.10. The average molecular weight is 230 g/mol. The average Bonchev–Trinajstić information content (AvgIpc) is 2.33. The Morgan fingerprint density at radius 3 is 3.25 bits per heavy atom. The van der Waals surface area contributed by atoms with Crippen LogP contribution in [0.2, 0.25) is 0 Å². The molecule has 12 heavy (non-hydrogen) atoms. The lowest BCUT2D eigenvalue weighted by Gasteiger charge is -2.25. The van der Waals surface area contributed by atoms with Gasteiger partial charge < -0.3 is 10.3 Å². The molecule has 66 valence electrons. The fraction of sp³-hybridized carbons (Fsp3) is 0.625. The van der Waals surface area contributed by atoms with Crippen LogP contribution in [0.3, 0.4) is 0 Å². The molecule has 0 bridgehead atoms. The van der Waals surface area contributed by atoms with Crippen LogP contribution in [0.1, 0.15) is 25.1 Å². The van der Waals surface area contributed by atoms with Crippen molar-refractivity contribution in [3.05, 3.63) is 16.6 Å². The number of rotatable bonds is 0. The molecule has 1 aliphatic heterocycles. The first-order valence-electron chi connectivity index (χ1n) is 4.15. The predicted octanol–water partition coefficient (Wildman–Crippen LogP) is 1.48. The SMILES string of the molecule is CC1CC(N)Cn2c(Br)cnc21. The summed E-state index contributed by atoms with van der Waals surface area (Å²) in [5.74, 6) is 1.64. The van der Waals surface area contributed by atoms with E-state index in [-0.39, 0.29) is 6.04 Å². The summed E-state index contributed by atoms with van der Waals surface area (Å²) in [7, 11) is 0. The maximum absolute atomic E-state index is 5.90. The van der Waals surface area contributed by atoms with Crippen molar-refractivity contribution < 1.29 is 0 Å². The van der Waals surface area contributed by atoms with Crippen LogP contribution in [0.15, 0.2) is 10.8 Å². The smallest absolute Gasteiger partial charge is 0.112 e. The van der Waals surface area contributed by atoms with E-state index in [1.165, 1.54) is 0 Å². The molecule has 3 nitrogen and oxygen atoms in total. The molecule has 0 saturated carbocycles. The second-order valence-electron chi connectivity index (χ2n) is 3.45. The van der Waals surface area contributed by atoms with Crippen molar-refractivity contribution in [2.45, 2.75) is 31.8 Å².